The van der Waals surface area contributed by atoms with Crippen molar-refractivity contribution in [2.45, 2.75) is 6.54 Å². The minimum absolute atomic E-state index is 0.224. The Bertz CT molecular complexity index is 691. The lowest BCUT2D eigenvalue weighted by atomic mass is 10.1. The van der Waals surface area contributed by atoms with Gasteiger partial charge >= 0.3 is 0 Å². The molecular formula is C18H18ClNO3. The van der Waals surface area contributed by atoms with Crippen LogP contribution in [0.25, 0.3) is 6.08 Å². The Hall–Kier alpha value is -2.46. The molecule has 0 spiro atoms. The molecule has 0 unspecified atom stereocenters. The number of halogens is 1. The van der Waals surface area contributed by atoms with Crippen molar-refractivity contribution in [2.75, 3.05) is 14.2 Å². The Morgan fingerprint density at radius 2 is 1.74 bits per heavy atom. The molecule has 0 atom stereocenters. The van der Waals surface area contributed by atoms with Crippen LogP contribution in [-0.2, 0) is 11.3 Å². The zero-order chi connectivity index (χ0) is 16.7. The molecule has 1 N–H and O–H groups in total. The van der Waals surface area contributed by atoms with E-state index in [1.165, 1.54) is 6.08 Å². The van der Waals surface area contributed by atoms with Gasteiger partial charge in [-0.25, -0.2) is 0 Å². The van der Waals surface area contributed by atoms with Gasteiger partial charge in [0.2, 0.25) is 5.91 Å². The number of hydrogen-bond acceptors (Lipinski definition) is 3. The second-order valence-corrected chi connectivity index (χ2v) is 5.13. The summed E-state index contributed by atoms with van der Waals surface area (Å²) in [6.45, 7) is 0.367. The van der Waals surface area contributed by atoms with Crippen LogP contribution in [0.15, 0.2) is 48.5 Å². The van der Waals surface area contributed by atoms with E-state index in [4.69, 9.17) is 21.1 Å². The molecule has 23 heavy (non-hydrogen) atoms. The Kier molecular flexibility index (Phi) is 6.06. The predicted molar refractivity (Wildman–Crippen MR) is 91.9 cm³/mol. The standard InChI is InChI=1S/C18H18ClNO3/c1-22-16-8-5-9-17(23-2)14(16)10-11-18(21)20-12-13-6-3-4-7-15(13)19/h3-11H,12H2,1-2H3,(H,20,21). The highest BCUT2D eigenvalue weighted by molar-refractivity contribution is 6.31. The molecule has 0 aliphatic rings. The Morgan fingerprint density at radius 1 is 1.09 bits per heavy atom. The maximum atomic E-state index is 12.0. The molecule has 1 amide bonds. The summed E-state index contributed by atoms with van der Waals surface area (Å²) in [5, 5.41) is 3.42. The van der Waals surface area contributed by atoms with Crippen LogP contribution in [0.2, 0.25) is 5.02 Å². The van der Waals surface area contributed by atoms with Crippen molar-refractivity contribution in [1.29, 1.82) is 0 Å². The van der Waals surface area contributed by atoms with Gasteiger partial charge in [0.05, 0.1) is 19.8 Å². The predicted octanol–water partition coefficient (Wildman–Crippen LogP) is 3.69. The van der Waals surface area contributed by atoms with E-state index in [9.17, 15) is 4.79 Å². The van der Waals surface area contributed by atoms with Gasteiger partial charge in [-0.1, -0.05) is 35.9 Å². The molecule has 2 rings (SSSR count). The average molecular weight is 332 g/mol. The van der Waals surface area contributed by atoms with E-state index >= 15 is 0 Å². The number of carbonyl (C=O) groups excluding carboxylic acids is 1. The van der Waals surface area contributed by atoms with E-state index in [2.05, 4.69) is 5.32 Å². The molecule has 2 aromatic carbocycles. The van der Waals surface area contributed by atoms with Crippen LogP contribution < -0.4 is 14.8 Å². The molecule has 0 saturated carbocycles. The summed E-state index contributed by atoms with van der Waals surface area (Å²) >= 11 is 6.06. The van der Waals surface area contributed by atoms with Crippen molar-refractivity contribution < 1.29 is 14.3 Å². The highest BCUT2D eigenvalue weighted by Crippen LogP contribution is 2.29. The lowest BCUT2D eigenvalue weighted by molar-refractivity contribution is -0.116. The quantitative estimate of drug-likeness (QED) is 0.821. The molecule has 120 valence electrons. The Labute approximate surface area is 140 Å². The van der Waals surface area contributed by atoms with E-state index < -0.39 is 0 Å². The van der Waals surface area contributed by atoms with E-state index in [1.54, 1.807) is 26.4 Å². The first-order chi connectivity index (χ1) is 11.2. The highest BCUT2D eigenvalue weighted by Gasteiger charge is 2.07. The van der Waals surface area contributed by atoms with Crippen LogP contribution >= 0.6 is 11.6 Å². The third-order valence-electron chi connectivity index (χ3n) is 3.28. The first-order valence-corrected chi connectivity index (χ1v) is 7.43. The normalized spacial score (nSPS) is 10.6. The highest BCUT2D eigenvalue weighted by atomic mass is 35.5. The number of ether oxygens (including phenoxy) is 2. The summed E-state index contributed by atoms with van der Waals surface area (Å²) in [5.41, 5.74) is 1.58. The average Bonchev–Trinajstić information content (AvgIpc) is 2.58. The van der Waals surface area contributed by atoms with Gasteiger partial charge in [0.25, 0.3) is 0 Å². The summed E-state index contributed by atoms with van der Waals surface area (Å²) in [5.74, 6) is 1.05. The minimum atomic E-state index is -0.224. The van der Waals surface area contributed by atoms with Gasteiger partial charge in [-0.15, -0.1) is 0 Å². The van der Waals surface area contributed by atoms with Gasteiger partial charge in [0.15, 0.2) is 0 Å². The number of hydrogen-bond donors (Lipinski definition) is 1. The lowest BCUT2D eigenvalue weighted by Crippen LogP contribution is -2.20. The second kappa shape index (κ2) is 8.25. The van der Waals surface area contributed by atoms with Gasteiger partial charge in [-0.05, 0) is 29.8 Å². The maximum Gasteiger partial charge on any atom is 0.244 e. The molecule has 0 aliphatic carbocycles. The molecule has 0 radical (unpaired) electrons. The maximum absolute atomic E-state index is 12.0. The third kappa shape index (κ3) is 4.50. The molecule has 0 heterocycles. The van der Waals surface area contributed by atoms with Gasteiger partial charge in [0, 0.05) is 17.6 Å². The van der Waals surface area contributed by atoms with Crippen molar-refractivity contribution in [1.82, 2.24) is 5.32 Å². The minimum Gasteiger partial charge on any atom is -0.496 e. The Morgan fingerprint density at radius 3 is 2.35 bits per heavy atom. The molecule has 0 saturated heterocycles. The molecular weight excluding hydrogens is 314 g/mol. The molecule has 0 aliphatic heterocycles. The largest absolute Gasteiger partial charge is 0.496 e. The van der Waals surface area contributed by atoms with E-state index in [0.717, 1.165) is 5.56 Å². The second-order valence-electron chi connectivity index (χ2n) is 4.72. The topological polar surface area (TPSA) is 47.6 Å². The van der Waals surface area contributed by atoms with Crippen molar-refractivity contribution >= 4 is 23.6 Å². The molecule has 0 bridgehead atoms. The van der Waals surface area contributed by atoms with Gasteiger partial charge in [-0.2, -0.15) is 0 Å². The summed E-state index contributed by atoms with van der Waals surface area (Å²) in [6, 6.07) is 12.8. The van der Waals surface area contributed by atoms with Crippen LogP contribution in [0.5, 0.6) is 11.5 Å². The fraction of sp³-hybridized carbons (Fsp3) is 0.167. The van der Waals surface area contributed by atoms with Crippen LogP contribution in [0.4, 0.5) is 0 Å². The zero-order valence-corrected chi connectivity index (χ0v) is 13.8. The Balaban J connectivity index is 2.06. The molecule has 4 nitrogen and oxygen atoms in total. The van der Waals surface area contributed by atoms with E-state index in [-0.39, 0.29) is 5.91 Å². The summed E-state index contributed by atoms with van der Waals surface area (Å²) < 4.78 is 10.6. The fourth-order valence-corrected chi connectivity index (χ4v) is 2.29. The fourth-order valence-electron chi connectivity index (χ4n) is 2.09. The number of amides is 1. The summed E-state index contributed by atoms with van der Waals surface area (Å²) in [4.78, 5) is 12.0. The first kappa shape index (κ1) is 16.9. The van der Waals surface area contributed by atoms with Crippen LogP contribution in [0.3, 0.4) is 0 Å². The number of carbonyl (C=O) groups is 1. The first-order valence-electron chi connectivity index (χ1n) is 7.06. The van der Waals surface area contributed by atoms with Crippen LogP contribution in [0, 0.1) is 0 Å². The van der Waals surface area contributed by atoms with E-state index in [0.29, 0.717) is 28.6 Å². The smallest absolute Gasteiger partial charge is 0.244 e. The van der Waals surface area contributed by atoms with Crippen molar-refractivity contribution in [3.8, 4) is 11.5 Å². The van der Waals surface area contributed by atoms with Crippen LogP contribution in [-0.4, -0.2) is 20.1 Å². The molecule has 0 aromatic heterocycles. The SMILES string of the molecule is COc1cccc(OC)c1C=CC(=O)NCc1ccccc1Cl. The van der Waals surface area contributed by atoms with Gasteiger partial charge in [0.1, 0.15) is 11.5 Å². The lowest BCUT2D eigenvalue weighted by Gasteiger charge is -2.09. The monoisotopic (exact) mass is 331 g/mol. The van der Waals surface area contributed by atoms with E-state index in [1.807, 2.05) is 36.4 Å². The number of nitrogens with one attached hydrogen (secondary N) is 1. The number of methoxy groups -OCH3 is 2. The van der Waals surface area contributed by atoms with Gasteiger partial charge < -0.3 is 14.8 Å². The zero-order valence-electron chi connectivity index (χ0n) is 13.0. The number of benzene rings is 2. The summed E-state index contributed by atoms with van der Waals surface area (Å²) in [6.07, 6.45) is 3.11. The van der Waals surface area contributed by atoms with Crippen molar-refractivity contribution in [2.24, 2.45) is 0 Å². The van der Waals surface area contributed by atoms with Crippen molar-refractivity contribution in [3.05, 3.63) is 64.7 Å². The molecule has 5 heteroatoms. The van der Waals surface area contributed by atoms with Crippen molar-refractivity contribution in [3.63, 3.8) is 0 Å². The number of rotatable bonds is 6. The summed E-state index contributed by atoms with van der Waals surface area (Å²) in [7, 11) is 3.15. The third-order valence-corrected chi connectivity index (χ3v) is 3.65. The molecule has 0 fully saturated rings. The van der Waals surface area contributed by atoms with Gasteiger partial charge in [-0.3, -0.25) is 4.79 Å². The van der Waals surface area contributed by atoms with Crippen LogP contribution in [0.1, 0.15) is 11.1 Å². The molecule has 2 aromatic rings.